The fourth-order valence-electron chi connectivity index (χ4n) is 2.22. The van der Waals surface area contributed by atoms with Crippen molar-refractivity contribution < 1.29 is 5.11 Å². The second-order valence-corrected chi connectivity index (χ2v) is 5.77. The van der Waals surface area contributed by atoms with E-state index in [1.807, 2.05) is 5.38 Å². The zero-order valence-electron chi connectivity index (χ0n) is 10.5. The zero-order valence-corrected chi connectivity index (χ0v) is 12.1. The summed E-state index contributed by atoms with van der Waals surface area (Å²) in [5, 5.41) is 12.2. The van der Waals surface area contributed by atoms with Crippen molar-refractivity contribution in [1.29, 1.82) is 0 Å². The van der Waals surface area contributed by atoms with Crippen molar-refractivity contribution in [3.8, 4) is 0 Å². The lowest BCUT2D eigenvalue weighted by Crippen LogP contribution is -2.32. The molecule has 1 N–H and O–H groups in total. The molecule has 1 saturated heterocycles. The molecule has 1 fully saturated rings. The van der Waals surface area contributed by atoms with E-state index in [9.17, 15) is 0 Å². The number of hydrogen-bond acceptors (Lipinski definition) is 5. The van der Waals surface area contributed by atoms with Gasteiger partial charge in [0.15, 0.2) is 0 Å². The van der Waals surface area contributed by atoms with Crippen LogP contribution in [0.3, 0.4) is 0 Å². The summed E-state index contributed by atoms with van der Waals surface area (Å²) in [5.74, 6) is 0.501. The molecular formula is C12H20ClN3OS. The maximum absolute atomic E-state index is 8.97. The maximum atomic E-state index is 8.97. The van der Waals surface area contributed by atoms with Crippen LogP contribution in [-0.2, 0) is 12.4 Å². The fourth-order valence-corrected chi connectivity index (χ4v) is 3.29. The lowest BCUT2D eigenvalue weighted by Gasteiger charge is -2.20. The summed E-state index contributed by atoms with van der Waals surface area (Å²) in [5.41, 5.74) is 0.980. The Labute approximate surface area is 117 Å². The van der Waals surface area contributed by atoms with Crippen LogP contribution in [0.4, 0.5) is 0 Å². The molecule has 1 aliphatic rings. The molecule has 6 heteroatoms. The number of β-amino-alcohol motifs (C(OH)–C–C–N with tert-alkyl or cyclic N) is 1. The van der Waals surface area contributed by atoms with Gasteiger partial charge in [0.2, 0.25) is 0 Å². The van der Waals surface area contributed by atoms with E-state index in [0.717, 1.165) is 56.4 Å². The molecular weight excluding hydrogens is 270 g/mol. The molecule has 0 radical (unpaired) electrons. The smallest absolute Gasteiger partial charge is 0.107 e. The van der Waals surface area contributed by atoms with E-state index in [4.69, 9.17) is 16.7 Å². The Morgan fingerprint density at radius 3 is 2.78 bits per heavy atom. The molecule has 0 unspecified atom stereocenters. The van der Waals surface area contributed by atoms with Crippen LogP contribution in [0.15, 0.2) is 5.38 Å². The summed E-state index contributed by atoms with van der Waals surface area (Å²) in [6, 6.07) is 0. The number of thiazole rings is 1. The quantitative estimate of drug-likeness (QED) is 0.832. The first-order valence-corrected chi connectivity index (χ1v) is 7.78. The van der Waals surface area contributed by atoms with Crippen LogP contribution in [0.25, 0.3) is 0 Å². The number of aromatic nitrogens is 1. The number of hydrogen-bond donors (Lipinski definition) is 1. The molecule has 0 spiro atoms. The van der Waals surface area contributed by atoms with Crippen molar-refractivity contribution in [3.63, 3.8) is 0 Å². The van der Waals surface area contributed by atoms with E-state index in [1.54, 1.807) is 11.3 Å². The summed E-state index contributed by atoms with van der Waals surface area (Å²) in [7, 11) is 0. The molecule has 18 heavy (non-hydrogen) atoms. The highest BCUT2D eigenvalue weighted by molar-refractivity contribution is 7.09. The van der Waals surface area contributed by atoms with E-state index in [-0.39, 0.29) is 6.61 Å². The van der Waals surface area contributed by atoms with E-state index >= 15 is 0 Å². The molecule has 2 heterocycles. The topological polar surface area (TPSA) is 39.6 Å². The van der Waals surface area contributed by atoms with Gasteiger partial charge < -0.3 is 5.11 Å². The predicted octanol–water partition coefficient (Wildman–Crippen LogP) is 1.38. The van der Waals surface area contributed by atoms with Gasteiger partial charge in [0.1, 0.15) is 5.01 Å². The lowest BCUT2D eigenvalue weighted by atomic mass is 10.4. The van der Waals surface area contributed by atoms with Gasteiger partial charge in [-0.25, -0.2) is 4.98 Å². The van der Waals surface area contributed by atoms with E-state index < -0.39 is 0 Å². The number of rotatable bonds is 5. The van der Waals surface area contributed by atoms with Gasteiger partial charge in [0, 0.05) is 25.0 Å². The second kappa shape index (κ2) is 7.40. The van der Waals surface area contributed by atoms with E-state index in [1.165, 1.54) is 0 Å². The lowest BCUT2D eigenvalue weighted by molar-refractivity contribution is 0.196. The van der Waals surface area contributed by atoms with Crippen molar-refractivity contribution >= 4 is 22.9 Å². The molecule has 1 aromatic heterocycles. The number of alkyl halides is 1. The van der Waals surface area contributed by atoms with E-state index in [2.05, 4.69) is 14.8 Å². The van der Waals surface area contributed by atoms with Gasteiger partial charge in [-0.05, 0) is 19.5 Å². The van der Waals surface area contributed by atoms with Gasteiger partial charge in [0.05, 0.1) is 24.7 Å². The highest BCUT2D eigenvalue weighted by atomic mass is 35.5. The van der Waals surface area contributed by atoms with Gasteiger partial charge in [-0.2, -0.15) is 0 Å². The molecule has 0 aromatic carbocycles. The molecule has 102 valence electrons. The summed E-state index contributed by atoms with van der Waals surface area (Å²) in [6.07, 6.45) is 1.16. The van der Waals surface area contributed by atoms with Crippen LogP contribution in [-0.4, -0.2) is 59.2 Å². The highest BCUT2D eigenvalue weighted by Crippen LogP contribution is 2.15. The first-order chi connectivity index (χ1) is 8.81. The molecule has 4 nitrogen and oxygen atoms in total. The predicted molar refractivity (Wildman–Crippen MR) is 75.1 cm³/mol. The average Bonchev–Trinajstić information content (AvgIpc) is 2.71. The Morgan fingerprint density at radius 1 is 1.28 bits per heavy atom. The van der Waals surface area contributed by atoms with Crippen LogP contribution in [0.1, 0.15) is 17.1 Å². The van der Waals surface area contributed by atoms with Crippen molar-refractivity contribution in [1.82, 2.24) is 14.8 Å². The van der Waals surface area contributed by atoms with Crippen LogP contribution in [0.5, 0.6) is 0 Å². The number of nitrogens with zero attached hydrogens (tertiary/aromatic N) is 3. The standard InChI is InChI=1S/C12H20ClN3OS/c13-8-11-10-18-12(14-11)9-16-3-1-2-15(4-5-16)6-7-17/h10,17H,1-9H2. The molecule has 0 aliphatic carbocycles. The summed E-state index contributed by atoms with van der Waals surface area (Å²) < 4.78 is 0. The van der Waals surface area contributed by atoms with Crippen molar-refractivity contribution in [2.75, 3.05) is 39.3 Å². The second-order valence-electron chi connectivity index (χ2n) is 4.56. The molecule has 2 rings (SSSR count). The summed E-state index contributed by atoms with van der Waals surface area (Å²) in [6.45, 7) is 6.26. The van der Waals surface area contributed by atoms with Gasteiger partial charge in [-0.3, -0.25) is 9.80 Å². The molecule has 0 bridgehead atoms. The summed E-state index contributed by atoms with van der Waals surface area (Å²) in [4.78, 5) is 9.26. The van der Waals surface area contributed by atoms with Crippen LogP contribution < -0.4 is 0 Å². The first-order valence-electron chi connectivity index (χ1n) is 6.36. The minimum atomic E-state index is 0.256. The number of aliphatic hydroxyl groups is 1. The van der Waals surface area contributed by atoms with Crippen molar-refractivity contribution in [2.45, 2.75) is 18.8 Å². The monoisotopic (exact) mass is 289 g/mol. The maximum Gasteiger partial charge on any atom is 0.107 e. The third kappa shape index (κ3) is 4.17. The van der Waals surface area contributed by atoms with Gasteiger partial charge in [-0.1, -0.05) is 0 Å². The normalized spacial score (nSPS) is 19.0. The minimum Gasteiger partial charge on any atom is -0.395 e. The van der Waals surface area contributed by atoms with Gasteiger partial charge in [0.25, 0.3) is 0 Å². The highest BCUT2D eigenvalue weighted by Gasteiger charge is 2.15. The van der Waals surface area contributed by atoms with Crippen LogP contribution in [0.2, 0.25) is 0 Å². The minimum absolute atomic E-state index is 0.256. The Balaban J connectivity index is 1.82. The van der Waals surface area contributed by atoms with Crippen molar-refractivity contribution in [2.24, 2.45) is 0 Å². The van der Waals surface area contributed by atoms with Crippen molar-refractivity contribution in [3.05, 3.63) is 16.1 Å². The molecule has 1 aliphatic heterocycles. The first kappa shape index (κ1) is 14.2. The Hall–Kier alpha value is -0.200. The van der Waals surface area contributed by atoms with Gasteiger partial charge >= 0.3 is 0 Å². The number of aliphatic hydroxyl groups excluding tert-OH is 1. The molecule has 1 aromatic rings. The number of halogens is 1. The molecule has 0 saturated carbocycles. The molecule has 0 atom stereocenters. The fraction of sp³-hybridized carbons (Fsp3) is 0.750. The van der Waals surface area contributed by atoms with Crippen LogP contribution in [0, 0.1) is 0 Å². The Bertz CT molecular complexity index is 361. The third-order valence-corrected chi connectivity index (χ3v) is 4.35. The largest absolute Gasteiger partial charge is 0.395 e. The third-order valence-electron chi connectivity index (χ3n) is 3.19. The van der Waals surface area contributed by atoms with Crippen LogP contribution >= 0.6 is 22.9 Å². The average molecular weight is 290 g/mol. The zero-order chi connectivity index (χ0) is 12.8. The SMILES string of the molecule is OCCN1CCCN(Cc2nc(CCl)cs2)CC1. The van der Waals surface area contributed by atoms with Gasteiger partial charge in [-0.15, -0.1) is 22.9 Å². The van der Waals surface area contributed by atoms with E-state index in [0.29, 0.717) is 5.88 Å². The summed E-state index contributed by atoms with van der Waals surface area (Å²) >= 11 is 7.46. The Morgan fingerprint density at radius 2 is 2.06 bits per heavy atom. The Kier molecular flexibility index (Phi) is 5.85. The molecule has 0 amide bonds.